The average Bonchev–Trinajstić information content (AvgIpc) is 3.14. The zero-order chi connectivity index (χ0) is 36.8. The first-order valence-corrected chi connectivity index (χ1v) is 20.9. The topological polar surface area (TPSA) is 128 Å². The van der Waals surface area contributed by atoms with Crippen LogP contribution in [0.15, 0.2) is 0 Å². The van der Waals surface area contributed by atoms with E-state index in [0.717, 1.165) is 25.9 Å². The van der Waals surface area contributed by atoms with Crippen LogP contribution in [0.4, 0.5) is 0 Å². The summed E-state index contributed by atoms with van der Waals surface area (Å²) >= 11 is 2.42. The fourth-order valence-corrected chi connectivity index (χ4v) is 4.83. The van der Waals surface area contributed by atoms with Crippen LogP contribution in [0.1, 0.15) is 77.6 Å². The molecule has 13 nitrogen and oxygen atoms in total. The molecule has 0 saturated carbocycles. The minimum Gasteiger partial charge on any atom is -0.463 e. The Labute approximate surface area is 323 Å². The maximum Gasteiger partial charge on any atom is 0.305 e. The summed E-state index contributed by atoms with van der Waals surface area (Å²) in [6.45, 7) is 14.1. The quantitative estimate of drug-likeness (QED) is 0.0334. The zero-order valence-corrected chi connectivity index (χ0v) is 34.1. The van der Waals surface area contributed by atoms with Gasteiger partial charge in [0, 0.05) is 13.0 Å². The molecule has 0 unspecified atom stereocenters. The Morgan fingerprint density at radius 3 is 0.961 bits per heavy atom. The van der Waals surface area contributed by atoms with Crippen LogP contribution in [-0.2, 0) is 61.6 Å². The summed E-state index contributed by atoms with van der Waals surface area (Å²) in [7, 11) is 0. The van der Waals surface area contributed by atoms with Gasteiger partial charge in [0.25, 0.3) is 0 Å². The molecule has 0 radical (unpaired) electrons. The number of hydrogen-bond acceptors (Lipinski definition) is 13. The van der Waals surface area contributed by atoms with Gasteiger partial charge in [-0.3, -0.25) is 4.79 Å². The molecule has 0 aliphatic heterocycles. The Bertz CT molecular complexity index is 652. The fraction of sp³-hybridized carbons (Fsp3) is 0.973. The predicted molar refractivity (Wildman–Crippen MR) is 205 cm³/mol. The van der Waals surface area contributed by atoms with Gasteiger partial charge in [0.05, 0.1) is 139 Å². The second-order valence-corrected chi connectivity index (χ2v) is 12.7. The van der Waals surface area contributed by atoms with Gasteiger partial charge in [-0.2, -0.15) is 0 Å². The van der Waals surface area contributed by atoms with Crippen LogP contribution in [0.3, 0.4) is 0 Å². The first-order valence-electron chi connectivity index (χ1n) is 19.4. The van der Waals surface area contributed by atoms with Crippen molar-refractivity contribution in [3.8, 4) is 0 Å². The smallest absolute Gasteiger partial charge is 0.305 e. The number of unbranched alkanes of at least 4 members (excludes halogenated alkanes) is 8. The third kappa shape index (κ3) is 47.7. The molecule has 306 valence electrons. The lowest BCUT2D eigenvalue weighted by atomic mass is 10.1. The van der Waals surface area contributed by atoms with E-state index in [-0.39, 0.29) is 12.6 Å². The minimum absolute atomic E-state index is 0.142. The lowest BCUT2D eigenvalue weighted by Crippen LogP contribution is -2.15. The van der Waals surface area contributed by atoms with E-state index in [9.17, 15) is 4.79 Å². The summed E-state index contributed by atoms with van der Waals surface area (Å²) in [5.41, 5.74) is 0. The van der Waals surface area contributed by atoms with Gasteiger partial charge in [-0.1, -0.05) is 74.5 Å². The number of rotatable bonds is 46. The van der Waals surface area contributed by atoms with Crippen LogP contribution in [0.25, 0.3) is 0 Å². The number of hydrogen-bond donors (Lipinski definition) is 0. The van der Waals surface area contributed by atoms with E-state index >= 15 is 0 Å². The lowest BCUT2D eigenvalue weighted by Gasteiger charge is -2.09. The summed E-state index contributed by atoms with van der Waals surface area (Å²) in [6, 6.07) is 0. The molecule has 0 atom stereocenters. The largest absolute Gasteiger partial charge is 0.463 e. The Balaban J connectivity index is 3.09. The molecule has 0 aliphatic carbocycles. The van der Waals surface area contributed by atoms with E-state index in [4.69, 9.17) is 56.8 Å². The van der Waals surface area contributed by atoms with Gasteiger partial charge in [-0.05, 0) is 23.7 Å². The molecular formula is C37H73IO13. The standard InChI is InChI=1S/C37H73IO13/c1-2-3-4-5-6-9-12-37(39)51-36-35-50-34-33-49-32-31-48-30-29-47-28-27-46-26-25-45-24-23-44-22-21-43-20-19-42-18-17-41-16-15-40-14-11-8-7-10-13-38/h2-36H2,1H3. The zero-order valence-electron chi connectivity index (χ0n) is 31.9. The summed E-state index contributed by atoms with van der Waals surface area (Å²) < 4.78 is 66.8. The van der Waals surface area contributed by atoms with Crippen molar-refractivity contribution in [2.75, 3.05) is 156 Å². The normalized spacial score (nSPS) is 11.5. The Kier molecular flexibility index (Phi) is 47.6. The van der Waals surface area contributed by atoms with Gasteiger partial charge < -0.3 is 56.8 Å². The highest BCUT2D eigenvalue weighted by molar-refractivity contribution is 14.1. The third-order valence-electron chi connectivity index (χ3n) is 7.12. The maximum absolute atomic E-state index is 11.7. The van der Waals surface area contributed by atoms with E-state index in [1.165, 1.54) is 49.4 Å². The van der Waals surface area contributed by atoms with E-state index in [2.05, 4.69) is 29.5 Å². The van der Waals surface area contributed by atoms with Crippen LogP contribution in [-0.4, -0.2) is 162 Å². The highest BCUT2D eigenvalue weighted by Gasteiger charge is 2.03. The highest BCUT2D eigenvalue weighted by Crippen LogP contribution is 2.07. The Hall–Kier alpha value is -0.240. The van der Waals surface area contributed by atoms with Gasteiger partial charge in [-0.15, -0.1) is 0 Å². The van der Waals surface area contributed by atoms with Crippen molar-refractivity contribution in [2.45, 2.75) is 77.6 Å². The summed E-state index contributed by atoms with van der Waals surface area (Å²) in [5.74, 6) is -0.142. The number of ether oxygens (including phenoxy) is 12. The highest BCUT2D eigenvalue weighted by atomic mass is 127. The molecule has 0 saturated heterocycles. The number of alkyl halides is 1. The molecule has 0 heterocycles. The molecule has 0 amide bonds. The van der Waals surface area contributed by atoms with E-state index in [1.807, 2.05) is 0 Å². The number of esters is 1. The molecule has 51 heavy (non-hydrogen) atoms. The van der Waals surface area contributed by atoms with Crippen molar-refractivity contribution in [3.05, 3.63) is 0 Å². The summed E-state index contributed by atoms with van der Waals surface area (Å²) in [4.78, 5) is 11.7. The van der Waals surface area contributed by atoms with Crippen molar-refractivity contribution in [1.82, 2.24) is 0 Å². The molecule has 0 bridgehead atoms. The van der Waals surface area contributed by atoms with Crippen LogP contribution in [0, 0.1) is 0 Å². The lowest BCUT2D eigenvalue weighted by molar-refractivity contribution is -0.145. The Morgan fingerprint density at radius 2 is 0.608 bits per heavy atom. The molecule has 0 aromatic heterocycles. The van der Waals surface area contributed by atoms with Gasteiger partial charge in [0.1, 0.15) is 6.61 Å². The van der Waals surface area contributed by atoms with Gasteiger partial charge in [0.15, 0.2) is 0 Å². The molecule has 0 fully saturated rings. The van der Waals surface area contributed by atoms with E-state index in [1.54, 1.807) is 0 Å². The molecule has 0 spiro atoms. The first-order chi connectivity index (χ1) is 25.3. The molecular weight excluding hydrogens is 779 g/mol. The third-order valence-corrected chi connectivity index (χ3v) is 7.88. The summed E-state index contributed by atoms with van der Waals surface area (Å²) in [6.07, 6.45) is 12.4. The van der Waals surface area contributed by atoms with Crippen LogP contribution in [0.2, 0.25) is 0 Å². The van der Waals surface area contributed by atoms with Crippen molar-refractivity contribution in [1.29, 1.82) is 0 Å². The number of carbonyl (C=O) groups is 1. The minimum atomic E-state index is -0.142. The SMILES string of the molecule is CCCCCCCCC(=O)OCCOCCOCCOCCOCCOCCOCCOCCOCCOCCOCCOCCCCCCI. The van der Waals surface area contributed by atoms with Gasteiger partial charge in [-0.25, -0.2) is 0 Å². The van der Waals surface area contributed by atoms with Gasteiger partial charge in [0.2, 0.25) is 0 Å². The van der Waals surface area contributed by atoms with Gasteiger partial charge >= 0.3 is 5.97 Å². The maximum atomic E-state index is 11.7. The van der Waals surface area contributed by atoms with Crippen molar-refractivity contribution in [3.63, 3.8) is 0 Å². The van der Waals surface area contributed by atoms with Crippen molar-refractivity contribution in [2.24, 2.45) is 0 Å². The molecule has 14 heteroatoms. The molecule has 0 aliphatic rings. The molecule has 0 rings (SSSR count). The van der Waals surface area contributed by atoms with Crippen molar-refractivity contribution >= 4 is 28.6 Å². The first kappa shape index (κ1) is 50.8. The van der Waals surface area contributed by atoms with E-state index < -0.39 is 0 Å². The van der Waals surface area contributed by atoms with Crippen molar-refractivity contribution < 1.29 is 61.6 Å². The second-order valence-electron chi connectivity index (χ2n) is 11.6. The van der Waals surface area contributed by atoms with Crippen LogP contribution in [0.5, 0.6) is 0 Å². The van der Waals surface area contributed by atoms with Crippen LogP contribution >= 0.6 is 22.6 Å². The second kappa shape index (κ2) is 47.8. The number of halogens is 1. The van der Waals surface area contributed by atoms with E-state index in [0.29, 0.717) is 145 Å². The fourth-order valence-electron chi connectivity index (χ4n) is 4.29. The Morgan fingerprint density at radius 1 is 0.333 bits per heavy atom. The molecule has 0 aromatic carbocycles. The monoisotopic (exact) mass is 852 g/mol. The number of carbonyl (C=O) groups excluding carboxylic acids is 1. The average molecular weight is 853 g/mol. The predicted octanol–water partition coefficient (Wildman–Crippen LogP) is 5.46. The summed E-state index contributed by atoms with van der Waals surface area (Å²) in [5, 5.41) is 0. The molecule has 0 N–H and O–H groups in total. The molecule has 0 aromatic rings. The van der Waals surface area contributed by atoms with Crippen LogP contribution < -0.4 is 0 Å².